The molecule has 4 fully saturated rings. The van der Waals surface area contributed by atoms with Crippen molar-refractivity contribution in [2.75, 3.05) is 18.8 Å². The van der Waals surface area contributed by atoms with Crippen molar-refractivity contribution in [2.24, 2.45) is 10.9 Å². The van der Waals surface area contributed by atoms with Crippen molar-refractivity contribution >= 4 is 16.9 Å². The molecule has 0 aromatic rings. The molecule has 1 saturated carbocycles. The second-order valence-electron chi connectivity index (χ2n) is 7.84. The van der Waals surface area contributed by atoms with Crippen molar-refractivity contribution in [2.45, 2.75) is 75.9 Å². The van der Waals surface area contributed by atoms with Crippen molar-refractivity contribution in [3.8, 4) is 0 Å². The fourth-order valence-corrected chi connectivity index (χ4v) is 6.23. The van der Waals surface area contributed by atoms with Crippen LogP contribution in [0.15, 0.2) is 4.99 Å². The quantitative estimate of drug-likeness (QED) is 0.806. The number of fused-ring (bicyclic) bond motifs is 1. The summed E-state index contributed by atoms with van der Waals surface area (Å²) >= 11 is 1.99. The summed E-state index contributed by atoms with van der Waals surface area (Å²) in [7, 11) is 0. The molecule has 0 aromatic carbocycles. The molecule has 3 aliphatic heterocycles. The number of thioether (sulfide) groups is 1. The van der Waals surface area contributed by atoms with E-state index in [1.54, 1.807) is 0 Å². The highest BCUT2D eigenvalue weighted by Gasteiger charge is 2.41. The van der Waals surface area contributed by atoms with Gasteiger partial charge >= 0.3 is 0 Å². The third kappa shape index (κ3) is 2.98. The van der Waals surface area contributed by atoms with E-state index in [1.165, 1.54) is 75.4 Å². The van der Waals surface area contributed by atoms with E-state index in [9.17, 15) is 0 Å². The Morgan fingerprint density at radius 2 is 2.19 bits per heavy atom. The van der Waals surface area contributed by atoms with Crippen LogP contribution in [0.5, 0.6) is 0 Å². The van der Waals surface area contributed by atoms with Gasteiger partial charge in [-0.1, -0.05) is 31.5 Å². The van der Waals surface area contributed by atoms with Crippen LogP contribution in [0.1, 0.15) is 58.3 Å². The molecule has 4 aliphatic rings. The van der Waals surface area contributed by atoms with E-state index in [0.717, 1.165) is 12.0 Å². The first-order valence-corrected chi connectivity index (χ1v) is 9.94. The Morgan fingerprint density at radius 3 is 3.10 bits per heavy atom. The molecule has 1 N–H and O–H groups in total. The lowest BCUT2D eigenvalue weighted by Crippen LogP contribution is -2.47. The van der Waals surface area contributed by atoms with E-state index in [-0.39, 0.29) is 0 Å². The van der Waals surface area contributed by atoms with Gasteiger partial charge in [-0.15, -0.1) is 0 Å². The molecule has 118 valence electrons. The molecule has 0 aromatic heterocycles. The summed E-state index contributed by atoms with van der Waals surface area (Å²) in [4.78, 5) is 7.80. The minimum Gasteiger partial charge on any atom is -0.359 e. The van der Waals surface area contributed by atoms with Crippen LogP contribution in [-0.2, 0) is 0 Å². The van der Waals surface area contributed by atoms with Gasteiger partial charge in [-0.05, 0) is 51.0 Å². The highest BCUT2D eigenvalue weighted by molar-refractivity contribution is 8.14. The molecule has 1 aliphatic carbocycles. The lowest BCUT2D eigenvalue weighted by molar-refractivity contribution is 0.182. The van der Waals surface area contributed by atoms with Crippen LogP contribution in [-0.4, -0.2) is 46.5 Å². The predicted octanol–water partition coefficient (Wildman–Crippen LogP) is 3.25. The topological polar surface area (TPSA) is 27.6 Å². The molecule has 4 heteroatoms. The van der Waals surface area contributed by atoms with Crippen LogP contribution in [0.4, 0.5) is 0 Å². The number of rotatable bonds is 1. The molecule has 4 rings (SSSR count). The van der Waals surface area contributed by atoms with Crippen LogP contribution in [0.3, 0.4) is 0 Å². The zero-order valence-electron chi connectivity index (χ0n) is 13.3. The van der Waals surface area contributed by atoms with Gasteiger partial charge in [0.15, 0.2) is 5.17 Å². The average molecular weight is 308 g/mol. The van der Waals surface area contributed by atoms with Gasteiger partial charge in [-0.3, -0.25) is 4.99 Å². The van der Waals surface area contributed by atoms with E-state index in [2.05, 4.69) is 17.1 Å². The van der Waals surface area contributed by atoms with Gasteiger partial charge < -0.3 is 10.2 Å². The van der Waals surface area contributed by atoms with Gasteiger partial charge in [0.1, 0.15) is 0 Å². The summed E-state index contributed by atoms with van der Waals surface area (Å²) in [6.45, 7) is 5.03. The van der Waals surface area contributed by atoms with Crippen LogP contribution in [0.25, 0.3) is 0 Å². The monoisotopic (exact) mass is 307 g/mol. The molecular formula is C17H29N3S. The molecular weight excluding hydrogens is 278 g/mol. The van der Waals surface area contributed by atoms with Crippen molar-refractivity contribution in [3.05, 3.63) is 0 Å². The molecule has 0 amide bonds. The summed E-state index contributed by atoms with van der Waals surface area (Å²) < 4.78 is 0. The Balaban J connectivity index is 1.38. The first-order valence-electron chi connectivity index (χ1n) is 8.95. The summed E-state index contributed by atoms with van der Waals surface area (Å²) in [5.41, 5.74) is 0.384. The van der Waals surface area contributed by atoms with Crippen molar-refractivity contribution < 1.29 is 0 Å². The minimum atomic E-state index is 0.384. The van der Waals surface area contributed by atoms with E-state index in [1.807, 2.05) is 11.8 Å². The smallest absolute Gasteiger partial charge is 0.157 e. The number of aliphatic imine (C=N–C) groups is 1. The molecule has 3 saturated heterocycles. The van der Waals surface area contributed by atoms with Crippen LogP contribution >= 0.6 is 11.8 Å². The SMILES string of the molecule is CC1CCCC2(CSC(=NC3CCN4CCCC4C3)N2)C1. The molecule has 3 heterocycles. The van der Waals surface area contributed by atoms with Gasteiger partial charge in [-0.2, -0.15) is 0 Å². The summed E-state index contributed by atoms with van der Waals surface area (Å²) in [5.74, 6) is 2.13. The number of nitrogens with one attached hydrogen (secondary N) is 1. The van der Waals surface area contributed by atoms with Gasteiger partial charge in [-0.25, -0.2) is 0 Å². The Morgan fingerprint density at radius 1 is 1.24 bits per heavy atom. The maximum atomic E-state index is 5.11. The van der Waals surface area contributed by atoms with Gasteiger partial charge in [0.25, 0.3) is 0 Å². The van der Waals surface area contributed by atoms with E-state index >= 15 is 0 Å². The highest BCUT2D eigenvalue weighted by atomic mass is 32.2. The van der Waals surface area contributed by atoms with Crippen LogP contribution in [0, 0.1) is 5.92 Å². The zero-order valence-corrected chi connectivity index (χ0v) is 14.1. The zero-order chi connectivity index (χ0) is 14.3. The molecule has 3 nitrogen and oxygen atoms in total. The van der Waals surface area contributed by atoms with Gasteiger partial charge in [0.05, 0.1) is 6.04 Å². The largest absolute Gasteiger partial charge is 0.359 e. The maximum absolute atomic E-state index is 5.11. The molecule has 21 heavy (non-hydrogen) atoms. The summed E-state index contributed by atoms with van der Waals surface area (Å²) in [5, 5.41) is 5.11. The molecule has 0 radical (unpaired) electrons. The van der Waals surface area contributed by atoms with Crippen molar-refractivity contribution in [1.29, 1.82) is 0 Å². The standard InChI is InChI=1S/C17H29N3S/c1-13-4-2-7-17(11-13)12-21-16(19-17)18-14-6-9-20-8-3-5-15(20)10-14/h13-15H,2-12H2,1H3,(H,18,19). The second-order valence-corrected chi connectivity index (χ2v) is 8.80. The predicted molar refractivity (Wildman–Crippen MR) is 91.0 cm³/mol. The molecule has 4 unspecified atom stereocenters. The Hall–Kier alpha value is -0.220. The Kier molecular flexibility index (Phi) is 3.95. The fourth-order valence-electron chi connectivity index (χ4n) is 4.97. The Bertz CT molecular complexity index is 424. The van der Waals surface area contributed by atoms with Crippen molar-refractivity contribution in [1.82, 2.24) is 10.2 Å². The van der Waals surface area contributed by atoms with Crippen LogP contribution < -0.4 is 5.32 Å². The van der Waals surface area contributed by atoms with E-state index < -0.39 is 0 Å². The number of nitrogens with zero attached hydrogens (tertiary/aromatic N) is 2. The third-order valence-corrected chi connectivity index (χ3v) is 7.22. The number of piperidine rings is 1. The minimum absolute atomic E-state index is 0.384. The normalized spacial score (nSPS) is 46.0. The first kappa shape index (κ1) is 14.4. The summed E-state index contributed by atoms with van der Waals surface area (Å²) in [6.07, 6.45) is 10.9. The van der Waals surface area contributed by atoms with E-state index in [0.29, 0.717) is 11.6 Å². The lowest BCUT2D eigenvalue weighted by Gasteiger charge is -2.36. The van der Waals surface area contributed by atoms with Crippen LogP contribution in [0.2, 0.25) is 0 Å². The molecule has 4 atom stereocenters. The van der Waals surface area contributed by atoms with Gasteiger partial charge in [0, 0.05) is 23.9 Å². The molecule has 1 spiro atoms. The van der Waals surface area contributed by atoms with Crippen molar-refractivity contribution in [3.63, 3.8) is 0 Å². The number of hydrogen-bond acceptors (Lipinski definition) is 3. The fraction of sp³-hybridized carbons (Fsp3) is 0.941. The molecule has 0 bridgehead atoms. The summed E-state index contributed by atoms with van der Waals surface area (Å²) in [6, 6.07) is 1.42. The Labute approximate surface area is 133 Å². The highest BCUT2D eigenvalue weighted by Crippen LogP contribution is 2.39. The third-order valence-electron chi connectivity index (χ3n) is 6.04. The average Bonchev–Trinajstić information content (AvgIpc) is 3.06. The first-order chi connectivity index (χ1) is 10.2. The number of amidine groups is 1. The maximum Gasteiger partial charge on any atom is 0.157 e. The number of hydrogen-bond donors (Lipinski definition) is 1. The lowest BCUT2D eigenvalue weighted by atomic mass is 9.78. The van der Waals surface area contributed by atoms with Gasteiger partial charge in [0.2, 0.25) is 0 Å². The van der Waals surface area contributed by atoms with E-state index in [4.69, 9.17) is 4.99 Å². The second kappa shape index (κ2) is 5.77.